The average molecular weight is 445 g/mol. The number of ether oxygens (including phenoxy) is 2. The normalized spacial score (nSPS) is 13.5. The van der Waals surface area contributed by atoms with Gasteiger partial charge < -0.3 is 14.8 Å². The molecule has 1 N–H and O–H groups in total. The quantitative estimate of drug-likeness (QED) is 0.638. The SMILES string of the molecule is Cc1cc(C)n(-c2ccc(CNC(=O)c3ccc4c(c3)OCCCO4)c(C(F)(F)F)c2)n1. The van der Waals surface area contributed by atoms with E-state index in [-0.39, 0.29) is 17.7 Å². The van der Waals surface area contributed by atoms with Gasteiger partial charge in [-0.15, -0.1) is 0 Å². The van der Waals surface area contributed by atoms with Gasteiger partial charge in [-0.25, -0.2) is 4.68 Å². The number of benzene rings is 2. The van der Waals surface area contributed by atoms with Crippen LogP contribution in [0.1, 0.15) is 39.3 Å². The summed E-state index contributed by atoms with van der Waals surface area (Å²) in [5, 5.41) is 6.81. The van der Waals surface area contributed by atoms with Gasteiger partial charge in [0.15, 0.2) is 11.5 Å². The van der Waals surface area contributed by atoms with Crippen LogP contribution in [0.2, 0.25) is 0 Å². The molecule has 0 spiro atoms. The van der Waals surface area contributed by atoms with Crippen molar-refractivity contribution in [2.75, 3.05) is 13.2 Å². The zero-order valence-corrected chi connectivity index (χ0v) is 17.6. The van der Waals surface area contributed by atoms with E-state index in [1.807, 2.05) is 0 Å². The molecule has 4 rings (SSSR count). The summed E-state index contributed by atoms with van der Waals surface area (Å²) in [7, 11) is 0. The van der Waals surface area contributed by atoms with Gasteiger partial charge in [0, 0.05) is 24.2 Å². The number of hydrogen-bond acceptors (Lipinski definition) is 4. The number of carbonyl (C=O) groups is 1. The Balaban J connectivity index is 1.55. The standard InChI is InChI=1S/C23H22F3N3O3/c1-14-10-15(2)29(28-14)18-6-4-17(19(12-18)23(24,25)26)13-27-22(30)16-5-7-20-21(11-16)32-9-3-8-31-20/h4-7,10-12H,3,8-9,13H2,1-2H3,(H,27,30). The first kappa shape index (κ1) is 21.7. The zero-order chi connectivity index (χ0) is 22.9. The highest BCUT2D eigenvalue weighted by Crippen LogP contribution is 2.34. The monoisotopic (exact) mass is 445 g/mol. The zero-order valence-electron chi connectivity index (χ0n) is 17.6. The molecule has 0 unspecified atom stereocenters. The maximum Gasteiger partial charge on any atom is 0.416 e. The molecule has 0 fully saturated rings. The van der Waals surface area contributed by atoms with Crippen molar-refractivity contribution in [2.45, 2.75) is 33.0 Å². The predicted octanol–water partition coefficient (Wildman–Crippen LogP) is 4.60. The van der Waals surface area contributed by atoms with Crippen LogP contribution in [0.4, 0.5) is 13.2 Å². The summed E-state index contributed by atoms with van der Waals surface area (Å²) in [5.74, 6) is 0.481. The van der Waals surface area contributed by atoms with Crippen LogP contribution >= 0.6 is 0 Å². The second-order valence-corrected chi connectivity index (χ2v) is 7.57. The van der Waals surface area contributed by atoms with Crippen molar-refractivity contribution in [3.05, 3.63) is 70.5 Å². The van der Waals surface area contributed by atoms with Crippen LogP contribution in [0.25, 0.3) is 5.69 Å². The highest BCUT2D eigenvalue weighted by Gasteiger charge is 2.34. The van der Waals surface area contributed by atoms with Gasteiger partial charge in [0.25, 0.3) is 5.91 Å². The highest BCUT2D eigenvalue weighted by atomic mass is 19.4. The van der Waals surface area contributed by atoms with Crippen molar-refractivity contribution in [3.8, 4) is 17.2 Å². The first-order chi connectivity index (χ1) is 15.2. The molecule has 1 aromatic heterocycles. The number of fused-ring (bicyclic) bond motifs is 1. The summed E-state index contributed by atoms with van der Waals surface area (Å²) < 4.78 is 53.8. The Morgan fingerprint density at radius 1 is 1.06 bits per heavy atom. The van der Waals surface area contributed by atoms with Crippen LogP contribution in [0.5, 0.6) is 11.5 Å². The fourth-order valence-corrected chi connectivity index (χ4v) is 3.59. The van der Waals surface area contributed by atoms with E-state index in [2.05, 4.69) is 10.4 Å². The summed E-state index contributed by atoms with van der Waals surface area (Å²) in [6.07, 6.45) is -3.86. The van der Waals surface area contributed by atoms with E-state index in [1.165, 1.54) is 16.8 Å². The van der Waals surface area contributed by atoms with Crippen LogP contribution in [0.3, 0.4) is 0 Å². The second-order valence-electron chi connectivity index (χ2n) is 7.57. The van der Waals surface area contributed by atoms with Crippen molar-refractivity contribution >= 4 is 5.91 Å². The summed E-state index contributed by atoms with van der Waals surface area (Å²) in [6, 6.07) is 10.5. The third-order valence-corrected chi connectivity index (χ3v) is 5.10. The lowest BCUT2D eigenvalue weighted by molar-refractivity contribution is -0.138. The summed E-state index contributed by atoms with van der Waals surface area (Å²) in [6.45, 7) is 4.26. The number of alkyl halides is 3. The summed E-state index contributed by atoms with van der Waals surface area (Å²) in [5.41, 5.74) is 1.17. The highest BCUT2D eigenvalue weighted by molar-refractivity contribution is 5.94. The predicted molar refractivity (Wildman–Crippen MR) is 111 cm³/mol. The van der Waals surface area contributed by atoms with Crippen LogP contribution in [0, 0.1) is 13.8 Å². The van der Waals surface area contributed by atoms with E-state index < -0.39 is 17.6 Å². The van der Waals surface area contributed by atoms with Crippen molar-refractivity contribution in [1.29, 1.82) is 0 Å². The lowest BCUT2D eigenvalue weighted by Crippen LogP contribution is -2.24. The van der Waals surface area contributed by atoms with Gasteiger partial charge in [0.1, 0.15) is 0 Å². The number of halogens is 3. The van der Waals surface area contributed by atoms with E-state index in [9.17, 15) is 18.0 Å². The molecule has 6 nitrogen and oxygen atoms in total. The van der Waals surface area contributed by atoms with Gasteiger partial charge in [-0.3, -0.25) is 4.79 Å². The Labute approximate surface area is 183 Å². The Kier molecular flexibility index (Phi) is 5.82. The topological polar surface area (TPSA) is 65.4 Å². The molecule has 1 amide bonds. The van der Waals surface area contributed by atoms with Gasteiger partial charge in [0.2, 0.25) is 0 Å². The van der Waals surface area contributed by atoms with Gasteiger partial charge >= 0.3 is 6.18 Å². The minimum absolute atomic E-state index is 0.0366. The van der Waals surface area contributed by atoms with Crippen molar-refractivity contribution in [2.24, 2.45) is 0 Å². The minimum atomic E-state index is -4.58. The Morgan fingerprint density at radius 2 is 1.81 bits per heavy atom. The summed E-state index contributed by atoms with van der Waals surface area (Å²) in [4.78, 5) is 12.6. The van der Waals surface area contributed by atoms with Gasteiger partial charge in [-0.05, 0) is 55.8 Å². The number of rotatable bonds is 4. The Bertz CT molecular complexity index is 1160. The lowest BCUT2D eigenvalue weighted by atomic mass is 10.1. The molecule has 0 saturated carbocycles. The number of nitrogens with one attached hydrogen (secondary N) is 1. The fraction of sp³-hybridized carbons (Fsp3) is 0.304. The van der Waals surface area contributed by atoms with Crippen molar-refractivity contribution in [3.63, 3.8) is 0 Å². The van der Waals surface area contributed by atoms with Gasteiger partial charge in [-0.1, -0.05) is 6.07 Å². The minimum Gasteiger partial charge on any atom is -0.490 e. The fourth-order valence-electron chi connectivity index (χ4n) is 3.59. The van der Waals surface area contributed by atoms with E-state index in [0.29, 0.717) is 36.1 Å². The number of amides is 1. The molecule has 9 heteroatoms. The first-order valence-electron chi connectivity index (χ1n) is 10.1. The molecule has 0 saturated heterocycles. The Morgan fingerprint density at radius 3 is 2.50 bits per heavy atom. The number of aryl methyl sites for hydroxylation is 2. The maximum atomic E-state index is 13.8. The molecular formula is C23H22F3N3O3. The molecule has 1 aliphatic heterocycles. The van der Waals surface area contributed by atoms with E-state index >= 15 is 0 Å². The Hall–Kier alpha value is -3.49. The second kappa shape index (κ2) is 8.57. The third-order valence-electron chi connectivity index (χ3n) is 5.10. The molecule has 0 bridgehead atoms. The maximum absolute atomic E-state index is 13.8. The molecular weight excluding hydrogens is 423 g/mol. The van der Waals surface area contributed by atoms with Gasteiger partial charge in [-0.2, -0.15) is 18.3 Å². The molecule has 0 aliphatic carbocycles. The molecule has 168 valence electrons. The third kappa shape index (κ3) is 4.56. The molecule has 3 aromatic rings. The van der Waals surface area contributed by atoms with Crippen LogP contribution < -0.4 is 14.8 Å². The van der Waals surface area contributed by atoms with E-state index in [0.717, 1.165) is 18.2 Å². The smallest absolute Gasteiger partial charge is 0.416 e. The van der Waals surface area contributed by atoms with E-state index in [4.69, 9.17) is 9.47 Å². The number of nitrogens with zero attached hydrogens (tertiary/aromatic N) is 2. The van der Waals surface area contributed by atoms with Crippen LogP contribution in [-0.4, -0.2) is 28.9 Å². The van der Waals surface area contributed by atoms with Crippen LogP contribution in [-0.2, 0) is 12.7 Å². The molecule has 0 atom stereocenters. The number of carbonyl (C=O) groups excluding carboxylic acids is 1. The molecule has 2 aromatic carbocycles. The van der Waals surface area contributed by atoms with Crippen LogP contribution in [0.15, 0.2) is 42.5 Å². The molecule has 2 heterocycles. The van der Waals surface area contributed by atoms with E-state index in [1.54, 1.807) is 38.1 Å². The molecule has 32 heavy (non-hydrogen) atoms. The number of aromatic nitrogens is 2. The average Bonchev–Trinajstić information content (AvgIpc) is 2.94. The van der Waals surface area contributed by atoms with Crippen molar-refractivity contribution in [1.82, 2.24) is 15.1 Å². The summed E-state index contributed by atoms with van der Waals surface area (Å²) >= 11 is 0. The molecule has 0 radical (unpaired) electrons. The lowest BCUT2D eigenvalue weighted by Gasteiger charge is -2.16. The van der Waals surface area contributed by atoms with Crippen molar-refractivity contribution < 1.29 is 27.4 Å². The first-order valence-corrected chi connectivity index (χ1v) is 10.1. The molecule has 1 aliphatic rings. The largest absolute Gasteiger partial charge is 0.490 e. The number of hydrogen-bond donors (Lipinski definition) is 1. The van der Waals surface area contributed by atoms with Gasteiger partial charge in [0.05, 0.1) is 30.2 Å².